The van der Waals surface area contributed by atoms with E-state index in [4.69, 9.17) is 4.52 Å². The number of nitrogens with zero attached hydrogens (tertiary/aromatic N) is 5. The summed E-state index contributed by atoms with van der Waals surface area (Å²) in [6.45, 7) is 7.81. The average Bonchev–Trinajstić information content (AvgIpc) is 3.34. The number of aryl methyl sites for hydroxylation is 3. The van der Waals surface area contributed by atoms with Crippen LogP contribution in [0.5, 0.6) is 0 Å². The van der Waals surface area contributed by atoms with Crippen LogP contribution >= 0.6 is 12.4 Å². The van der Waals surface area contributed by atoms with E-state index < -0.39 is 0 Å². The monoisotopic (exact) mass is 422 g/mol. The van der Waals surface area contributed by atoms with Gasteiger partial charge in [-0.2, -0.15) is 10.1 Å². The van der Waals surface area contributed by atoms with Crippen LogP contribution in [0.2, 0.25) is 0 Å². The second-order valence-corrected chi connectivity index (χ2v) is 7.46. The fourth-order valence-corrected chi connectivity index (χ4v) is 3.95. The zero-order valence-electron chi connectivity index (χ0n) is 17.1. The topological polar surface area (TPSA) is 81.7 Å². The molecule has 0 bridgehead atoms. The van der Waals surface area contributed by atoms with Crippen molar-refractivity contribution in [3.8, 4) is 28.5 Å². The number of hydrogen-bond donors (Lipinski definition) is 1. The van der Waals surface area contributed by atoms with Crippen molar-refractivity contribution in [2.24, 2.45) is 0 Å². The number of aromatic nitrogens is 5. The minimum absolute atomic E-state index is 0. The minimum atomic E-state index is 0. The molecule has 30 heavy (non-hydrogen) atoms. The van der Waals surface area contributed by atoms with Gasteiger partial charge in [0, 0.05) is 35.3 Å². The molecule has 1 aromatic carbocycles. The lowest BCUT2D eigenvalue weighted by molar-refractivity contribution is 0.432. The number of nitrogens with one attached hydrogen (secondary N) is 1. The Labute approximate surface area is 181 Å². The summed E-state index contributed by atoms with van der Waals surface area (Å²) in [5.74, 6) is 1.11. The van der Waals surface area contributed by atoms with Gasteiger partial charge >= 0.3 is 0 Å². The van der Waals surface area contributed by atoms with Crippen LogP contribution in [0.4, 0.5) is 0 Å². The fourth-order valence-electron chi connectivity index (χ4n) is 3.95. The molecule has 1 aliphatic rings. The van der Waals surface area contributed by atoms with E-state index in [1.165, 1.54) is 11.1 Å². The van der Waals surface area contributed by atoms with E-state index in [0.717, 1.165) is 53.4 Å². The lowest BCUT2D eigenvalue weighted by Gasteiger charge is -2.19. The van der Waals surface area contributed by atoms with Crippen molar-refractivity contribution in [1.29, 1.82) is 0 Å². The number of pyridine rings is 1. The standard InChI is InChI=1S/C22H22N6O.ClH/c1-13-10-14(2)28(26-13)18-6-4-16(5-7-18)22-25-21(27-29-22)20-15(3)24-12-17-11-23-9-8-19(17)20;/h4-7,10,12,23H,8-9,11H2,1-3H3;1H. The van der Waals surface area contributed by atoms with Gasteiger partial charge in [0.15, 0.2) is 0 Å². The molecule has 4 aromatic rings. The molecule has 0 aliphatic carbocycles. The second-order valence-electron chi connectivity index (χ2n) is 7.46. The Morgan fingerprint density at radius 2 is 1.90 bits per heavy atom. The van der Waals surface area contributed by atoms with Gasteiger partial charge in [0.1, 0.15) is 0 Å². The normalized spacial score (nSPS) is 13.0. The molecule has 0 unspecified atom stereocenters. The van der Waals surface area contributed by atoms with Gasteiger partial charge in [0.05, 0.1) is 11.4 Å². The van der Waals surface area contributed by atoms with Crippen LogP contribution in [0.1, 0.15) is 28.2 Å². The molecule has 4 heterocycles. The van der Waals surface area contributed by atoms with Crippen molar-refractivity contribution in [1.82, 2.24) is 30.2 Å². The number of benzene rings is 1. The molecule has 0 saturated carbocycles. The molecule has 8 heteroatoms. The zero-order valence-corrected chi connectivity index (χ0v) is 18.0. The van der Waals surface area contributed by atoms with E-state index in [0.29, 0.717) is 11.7 Å². The van der Waals surface area contributed by atoms with Crippen LogP contribution in [0.3, 0.4) is 0 Å². The molecule has 0 saturated heterocycles. The summed E-state index contributed by atoms with van der Waals surface area (Å²) in [7, 11) is 0. The van der Waals surface area contributed by atoms with Crippen LogP contribution in [-0.4, -0.2) is 31.4 Å². The van der Waals surface area contributed by atoms with Crippen LogP contribution in [0.15, 0.2) is 41.1 Å². The molecule has 0 amide bonds. The van der Waals surface area contributed by atoms with Gasteiger partial charge in [-0.15, -0.1) is 12.4 Å². The second kappa shape index (κ2) is 8.01. The van der Waals surface area contributed by atoms with E-state index in [2.05, 4.69) is 31.6 Å². The highest BCUT2D eigenvalue weighted by atomic mass is 35.5. The zero-order chi connectivity index (χ0) is 20.0. The Morgan fingerprint density at radius 3 is 2.63 bits per heavy atom. The van der Waals surface area contributed by atoms with E-state index in [9.17, 15) is 0 Å². The minimum Gasteiger partial charge on any atom is -0.334 e. The Kier molecular flexibility index (Phi) is 5.40. The lowest BCUT2D eigenvalue weighted by Crippen LogP contribution is -2.24. The van der Waals surface area contributed by atoms with Crippen molar-refractivity contribution in [2.75, 3.05) is 6.54 Å². The van der Waals surface area contributed by atoms with Gasteiger partial charge in [0.25, 0.3) is 5.89 Å². The maximum atomic E-state index is 5.60. The van der Waals surface area contributed by atoms with E-state index in [1.807, 2.05) is 55.9 Å². The highest BCUT2D eigenvalue weighted by Gasteiger charge is 2.21. The maximum Gasteiger partial charge on any atom is 0.258 e. The van der Waals surface area contributed by atoms with Crippen LogP contribution < -0.4 is 5.32 Å². The summed E-state index contributed by atoms with van der Waals surface area (Å²) in [4.78, 5) is 9.22. The Balaban J connectivity index is 0.00000218. The van der Waals surface area contributed by atoms with Gasteiger partial charge in [-0.1, -0.05) is 5.16 Å². The van der Waals surface area contributed by atoms with Gasteiger partial charge in [-0.05, 0) is 75.2 Å². The first-order valence-corrected chi connectivity index (χ1v) is 9.76. The Hall–Kier alpha value is -3.03. The Bertz CT molecular complexity index is 1200. The largest absolute Gasteiger partial charge is 0.334 e. The van der Waals surface area contributed by atoms with Gasteiger partial charge in [0.2, 0.25) is 5.82 Å². The predicted molar refractivity (Wildman–Crippen MR) is 117 cm³/mol. The third-order valence-corrected chi connectivity index (χ3v) is 5.35. The summed E-state index contributed by atoms with van der Waals surface area (Å²) in [6, 6.07) is 10.1. The van der Waals surface area contributed by atoms with E-state index >= 15 is 0 Å². The first-order valence-electron chi connectivity index (χ1n) is 9.76. The first-order chi connectivity index (χ1) is 14.1. The summed E-state index contributed by atoms with van der Waals surface area (Å²) in [5, 5.41) is 12.2. The number of fused-ring (bicyclic) bond motifs is 1. The van der Waals surface area contributed by atoms with Crippen LogP contribution in [0.25, 0.3) is 28.5 Å². The summed E-state index contributed by atoms with van der Waals surface area (Å²) >= 11 is 0. The molecule has 154 valence electrons. The third kappa shape index (κ3) is 3.51. The molecular formula is C22H23ClN6O. The number of rotatable bonds is 3. The highest BCUT2D eigenvalue weighted by molar-refractivity contribution is 5.85. The maximum absolute atomic E-state index is 5.60. The average molecular weight is 423 g/mol. The molecule has 1 N–H and O–H groups in total. The molecule has 7 nitrogen and oxygen atoms in total. The molecular weight excluding hydrogens is 400 g/mol. The van der Waals surface area contributed by atoms with Crippen molar-refractivity contribution in [3.05, 3.63) is 64.7 Å². The fraction of sp³-hybridized carbons (Fsp3) is 0.273. The molecule has 0 radical (unpaired) electrons. The quantitative estimate of drug-likeness (QED) is 0.537. The summed E-state index contributed by atoms with van der Waals surface area (Å²) < 4.78 is 7.53. The highest BCUT2D eigenvalue weighted by Crippen LogP contribution is 2.30. The van der Waals surface area contributed by atoms with Gasteiger partial charge < -0.3 is 9.84 Å². The predicted octanol–water partition coefficient (Wildman–Crippen LogP) is 3.98. The molecule has 5 rings (SSSR count). The van der Waals surface area contributed by atoms with Crippen molar-refractivity contribution < 1.29 is 4.52 Å². The Morgan fingerprint density at radius 1 is 1.10 bits per heavy atom. The smallest absolute Gasteiger partial charge is 0.258 e. The summed E-state index contributed by atoms with van der Waals surface area (Å²) in [5.41, 5.74) is 8.38. The van der Waals surface area contributed by atoms with Crippen molar-refractivity contribution in [2.45, 2.75) is 33.7 Å². The third-order valence-electron chi connectivity index (χ3n) is 5.35. The molecule has 3 aromatic heterocycles. The molecule has 0 atom stereocenters. The van der Waals surface area contributed by atoms with Gasteiger partial charge in [-0.25, -0.2) is 4.68 Å². The lowest BCUT2D eigenvalue weighted by atomic mass is 9.95. The van der Waals surface area contributed by atoms with Crippen LogP contribution in [0, 0.1) is 20.8 Å². The van der Waals surface area contributed by atoms with Crippen LogP contribution in [-0.2, 0) is 13.0 Å². The SMILES string of the molecule is Cc1cc(C)n(-c2ccc(-c3nc(-c4c(C)ncc5c4CCNC5)no3)cc2)n1.Cl. The number of halogens is 1. The van der Waals surface area contributed by atoms with Gasteiger partial charge in [-0.3, -0.25) is 4.98 Å². The first kappa shape index (κ1) is 20.3. The molecule has 0 spiro atoms. The van der Waals surface area contributed by atoms with Crippen molar-refractivity contribution in [3.63, 3.8) is 0 Å². The summed E-state index contributed by atoms with van der Waals surface area (Å²) in [6.07, 6.45) is 2.88. The van der Waals surface area contributed by atoms with E-state index in [1.54, 1.807) is 0 Å². The molecule has 0 fully saturated rings. The van der Waals surface area contributed by atoms with Crippen molar-refractivity contribution >= 4 is 12.4 Å². The molecule has 1 aliphatic heterocycles. The number of hydrogen-bond acceptors (Lipinski definition) is 6. The van der Waals surface area contributed by atoms with E-state index in [-0.39, 0.29) is 12.4 Å².